The van der Waals surface area contributed by atoms with E-state index < -0.39 is 18.8 Å². The van der Waals surface area contributed by atoms with E-state index in [-0.39, 0.29) is 12.6 Å². The zero-order chi connectivity index (χ0) is 18.9. The SMILES string of the molecule is CO[C@H](c1ccc(-c2ccnc(COC(C)=O)c2)cc1)[C@@H](CF)N=[N+]=[N-]. The summed E-state index contributed by atoms with van der Waals surface area (Å²) in [6.07, 6.45) is 0.975. The Hall–Kier alpha value is -2.96. The van der Waals surface area contributed by atoms with Gasteiger partial charge < -0.3 is 9.47 Å². The highest BCUT2D eigenvalue weighted by Gasteiger charge is 2.22. The van der Waals surface area contributed by atoms with Gasteiger partial charge in [-0.05, 0) is 34.4 Å². The molecule has 1 aromatic carbocycles. The molecule has 0 N–H and O–H groups in total. The van der Waals surface area contributed by atoms with Gasteiger partial charge in [-0.3, -0.25) is 14.2 Å². The number of carbonyl (C=O) groups excluding carboxylic acids is 1. The Morgan fingerprint density at radius 1 is 1.31 bits per heavy atom. The van der Waals surface area contributed by atoms with Crippen molar-refractivity contribution in [2.45, 2.75) is 25.7 Å². The second kappa shape index (κ2) is 9.50. The standard InChI is InChI=1S/C18H19FN4O3/c1-12(24)26-11-16-9-15(7-8-21-16)13-3-5-14(6-4-13)18(25-2)17(10-19)22-23-20/h3-9,17-18H,10-11H2,1-2H3/t17-,18-/m1/s1. The molecule has 0 saturated carbocycles. The summed E-state index contributed by atoms with van der Waals surface area (Å²) < 4.78 is 23.3. The van der Waals surface area contributed by atoms with Crippen LogP contribution in [0.2, 0.25) is 0 Å². The van der Waals surface area contributed by atoms with Crippen LogP contribution in [0.15, 0.2) is 47.7 Å². The third kappa shape index (κ3) is 5.02. The fraction of sp³-hybridized carbons (Fsp3) is 0.333. The number of halogens is 1. The number of rotatable bonds is 8. The van der Waals surface area contributed by atoms with Crippen molar-refractivity contribution >= 4 is 5.97 Å². The van der Waals surface area contributed by atoms with Crippen molar-refractivity contribution in [1.29, 1.82) is 0 Å². The highest BCUT2D eigenvalue weighted by Crippen LogP contribution is 2.27. The van der Waals surface area contributed by atoms with Gasteiger partial charge in [-0.2, -0.15) is 0 Å². The molecule has 0 fully saturated rings. The van der Waals surface area contributed by atoms with Crippen LogP contribution in [-0.2, 0) is 20.9 Å². The average Bonchev–Trinajstić information content (AvgIpc) is 2.67. The zero-order valence-corrected chi connectivity index (χ0v) is 14.5. The van der Waals surface area contributed by atoms with Crippen molar-refractivity contribution in [3.63, 3.8) is 0 Å². The van der Waals surface area contributed by atoms with E-state index in [9.17, 15) is 9.18 Å². The molecular weight excluding hydrogens is 339 g/mol. The minimum atomic E-state index is -0.924. The summed E-state index contributed by atoms with van der Waals surface area (Å²) >= 11 is 0. The third-order valence-electron chi connectivity index (χ3n) is 3.77. The van der Waals surface area contributed by atoms with Gasteiger partial charge in [-0.15, -0.1) is 0 Å². The topological polar surface area (TPSA) is 97.2 Å². The number of methoxy groups -OCH3 is 1. The number of hydrogen-bond donors (Lipinski definition) is 0. The number of nitrogens with zero attached hydrogens (tertiary/aromatic N) is 4. The van der Waals surface area contributed by atoms with E-state index in [4.69, 9.17) is 15.0 Å². The van der Waals surface area contributed by atoms with Crippen LogP contribution < -0.4 is 0 Å². The number of ether oxygens (including phenoxy) is 2. The molecule has 2 rings (SSSR count). The number of azide groups is 1. The third-order valence-corrected chi connectivity index (χ3v) is 3.77. The summed E-state index contributed by atoms with van der Waals surface area (Å²) in [4.78, 5) is 17.7. The van der Waals surface area contributed by atoms with Crippen molar-refractivity contribution in [1.82, 2.24) is 4.98 Å². The fourth-order valence-corrected chi connectivity index (χ4v) is 2.53. The Morgan fingerprint density at radius 2 is 2.04 bits per heavy atom. The maximum absolute atomic E-state index is 13.1. The Bertz CT molecular complexity index is 791. The van der Waals surface area contributed by atoms with Crippen LogP contribution in [0.25, 0.3) is 21.6 Å². The van der Waals surface area contributed by atoms with Crippen LogP contribution in [0, 0.1) is 0 Å². The molecule has 0 aliphatic rings. The lowest BCUT2D eigenvalue weighted by Crippen LogP contribution is -2.20. The Balaban J connectivity index is 2.22. The quantitative estimate of drug-likeness (QED) is 0.306. The van der Waals surface area contributed by atoms with E-state index in [0.717, 1.165) is 11.1 Å². The molecule has 0 radical (unpaired) electrons. The summed E-state index contributed by atoms with van der Waals surface area (Å²) in [6.45, 7) is 0.640. The Morgan fingerprint density at radius 3 is 2.62 bits per heavy atom. The highest BCUT2D eigenvalue weighted by atomic mass is 19.1. The van der Waals surface area contributed by atoms with Gasteiger partial charge >= 0.3 is 5.97 Å². The maximum atomic E-state index is 13.1. The molecule has 0 bridgehead atoms. The van der Waals surface area contributed by atoms with Crippen LogP contribution >= 0.6 is 0 Å². The second-order valence-corrected chi connectivity index (χ2v) is 5.52. The molecule has 1 aromatic heterocycles. The predicted octanol–water partition coefficient (Wildman–Crippen LogP) is 4.15. The van der Waals surface area contributed by atoms with Crippen molar-refractivity contribution in [2.75, 3.05) is 13.8 Å². The summed E-state index contributed by atoms with van der Waals surface area (Å²) in [5, 5.41) is 3.45. The molecule has 0 aliphatic carbocycles. The zero-order valence-electron chi connectivity index (χ0n) is 14.5. The van der Waals surface area contributed by atoms with E-state index in [1.165, 1.54) is 14.0 Å². The number of pyridine rings is 1. The number of aromatic nitrogens is 1. The second-order valence-electron chi connectivity index (χ2n) is 5.52. The first-order valence-electron chi connectivity index (χ1n) is 7.90. The lowest BCUT2D eigenvalue weighted by atomic mass is 9.99. The van der Waals surface area contributed by atoms with Crippen LogP contribution in [0.5, 0.6) is 0 Å². The van der Waals surface area contributed by atoms with Crippen LogP contribution in [0.3, 0.4) is 0 Å². The Kier molecular flexibility index (Phi) is 7.08. The van der Waals surface area contributed by atoms with Gasteiger partial charge in [0.1, 0.15) is 13.3 Å². The molecule has 0 spiro atoms. The fourth-order valence-electron chi connectivity index (χ4n) is 2.53. The number of benzene rings is 1. The van der Waals surface area contributed by atoms with Gasteiger partial charge in [0.15, 0.2) is 0 Å². The van der Waals surface area contributed by atoms with E-state index >= 15 is 0 Å². The normalized spacial score (nSPS) is 12.7. The molecule has 0 amide bonds. The first-order valence-corrected chi connectivity index (χ1v) is 7.90. The van der Waals surface area contributed by atoms with E-state index in [0.29, 0.717) is 11.3 Å². The average molecular weight is 358 g/mol. The monoisotopic (exact) mass is 358 g/mol. The molecule has 0 aliphatic heterocycles. The molecular formula is C18H19FN4O3. The minimum Gasteiger partial charge on any atom is -0.459 e. The van der Waals surface area contributed by atoms with Gasteiger partial charge in [0.2, 0.25) is 0 Å². The lowest BCUT2D eigenvalue weighted by Gasteiger charge is -2.20. The van der Waals surface area contributed by atoms with Gasteiger partial charge in [-0.1, -0.05) is 29.4 Å². The van der Waals surface area contributed by atoms with Crippen molar-refractivity contribution in [3.8, 4) is 11.1 Å². The maximum Gasteiger partial charge on any atom is 0.303 e. The largest absolute Gasteiger partial charge is 0.459 e. The van der Waals surface area contributed by atoms with E-state index in [1.54, 1.807) is 18.3 Å². The van der Waals surface area contributed by atoms with Crippen molar-refractivity contribution in [2.24, 2.45) is 5.11 Å². The molecule has 0 saturated heterocycles. The first-order chi connectivity index (χ1) is 12.6. The highest BCUT2D eigenvalue weighted by molar-refractivity contribution is 5.66. The molecule has 2 aromatic rings. The number of hydrogen-bond acceptors (Lipinski definition) is 5. The lowest BCUT2D eigenvalue weighted by molar-refractivity contribution is -0.142. The van der Waals surface area contributed by atoms with Crippen molar-refractivity contribution in [3.05, 3.63) is 64.3 Å². The van der Waals surface area contributed by atoms with Gasteiger partial charge in [-0.25, -0.2) is 0 Å². The minimum absolute atomic E-state index is 0.108. The molecule has 1 heterocycles. The van der Waals surface area contributed by atoms with Gasteiger partial charge in [0, 0.05) is 25.1 Å². The van der Waals surface area contributed by atoms with Gasteiger partial charge in [0.25, 0.3) is 0 Å². The van der Waals surface area contributed by atoms with Crippen LogP contribution in [0.4, 0.5) is 4.39 Å². The molecule has 7 nitrogen and oxygen atoms in total. The smallest absolute Gasteiger partial charge is 0.303 e. The molecule has 2 atom stereocenters. The van der Waals surface area contributed by atoms with Crippen LogP contribution in [-0.4, -0.2) is 30.8 Å². The van der Waals surface area contributed by atoms with Crippen molar-refractivity contribution < 1.29 is 18.7 Å². The summed E-state index contributed by atoms with van der Waals surface area (Å²) in [7, 11) is 1.44. The summed E-state index contributed by atoms with van der Waals surface area (Å²) in [5.74, 6) is -0.366. The van der Waals surface area contributed by atoms with Crippen LogP contribution in [0.1, 0.15) is 24.3 Å². The van der Waals surface area contributed by atoms with E-state index in [2.05, 4.69) is 15.0 Å². The molecule has 0 unspecified atom stereocenters. The Labute approximate surface area is 150 Å². The number of alkyl halides is 1. The predicted molar refractivity (Wildman–Crippen MR) is 93.8 cm³/mol. The molecule has 8 heteroatoms. The number of esters is 1. The molecule has 26 heavy (non-hydrogen) atoms. The van der Waals surface area contributed by atoms with Gasteiger partial charge in [0.05, 0.1) is 17.8 Å². The first kappa shape index (κ1) is 19.4. The van der Waals surface area contributed by atoms with E-state index in [1.807, 2.05) is 24.3 Å². The summed E-state index contributed by atoms with van der Waals surface area (Å²) in [5.41, 5.74) is 11.7. The number of carbonyl (C=O) groups is 1. The summed E-state index contributed by atoms with van der Waals surface area (Å²) in [6, 6.07) is 10.1. The molecule has 136 valence electrons.